The van der Waals surface area contributed by atoms with Gasteiger partial charge < -0.3 is 10.6 Å². The molecule has 0 aliphatic rings. The van der Waals surface area contributed by atoms with Gasteiger partial charge in [-0.25, -0.2) is 0 Å². The number of allylic oxidation sites excluding steroid dienone is 1. The fraction of sp³-hybridized carbons (Fsp3) is 0.769. The summed E-state index contributed by atoms with van der Waals surface area (Å²) in [5.74, 6) is 0.124. The second-order valence-corrected chi connectivity index (χ2v) is 4.36. The molecule has 0 heterocycles. The average molecular weight is 226 g/mol. The highest BCUT2D eigenvalue weighted by atomic mass is 16.1. The number of amides is 1. The maximum Gasteiger partial charge on any atom is 0.244 e. The molecule has 3 nitrogen and oxygen atoms in total. The molecule has 0 aliphatic heterocycles. The first-order valence-corrected chi connectivity index (χ1v) is 6.21. The first kappa shape index (κ1) is 15.2. The molecule has 2 N–H and O–H groups in total. The van der Waals surface area contributed by atoms with Crippen molar-refractivity contribution in [1.29, 1.82) is 0 Å². The molecular weight excluding hydrogens is 200 g/mol. The van der Waals surface area contributed by atoms with Crippen LogP contribution in [0.25, 0.3) is 0 Å². The summed E-state index contributed by atoms with van der Waals surface area (Å²) < 4.78 is 0. The maximum absolute atomic E-state index is 10.9. The fourth-order valence-corrected chi connectivity index (χ4v) is 1.77. The Bertz CT molecular complexity index is 232. The van der Waals surface area contributed by atoms with Crippen molar-refractivity contribution in [3.63, 3.8) is 0 Å². The Balaban J connectivity index is 3.85. The van der Waals surface area contributed by atoms with Crippen molar-refractivity contribution >= 4 is 5.91 Å². The molecule has 0 bridgehead atoms. The smallest absolute Gasteiger partial charge is 0.244 e. The lowest BCUT2D eigenvalue weighted by Gasteiger charge is -2.18. The summed E-state index contributed by atoms with van der Waals surface area (Å²) in [5, 5.41) is 0. The van der Waals surface area contributed by atoms with E-state index in [2.05, 4.69) is 25.7 Å². The lowest BCUT2D eigenvalue weighted by molar-refractivity contribution is -0.114. The van der Waals surface area contributed by atoms with Gasteiger partial charge >= 0.3 is 0 Å². The first-order valence-electron chi connectivity index (χ1n) is 6.21. The van der Waals surface area contributed by atoms with Gasteiger partial charge in [0.1, 0.15) is 0 Å². The number of carbonyl (C=O) groups excluding carboxylic acids is 1. The van der Waals surface area contributed by atoms with Gasteiger partial charge in [-0.3, -0.25) is 4.79 Å². The van der Waals surface area contributed by atoms with Crippen LogP contribution < -0.4 is 5.73 Å². The molecule has 0 aromatic heterocycles. The number of hydrogen-bond donors (Lipinski definition) is 1. The largest absolute Gasteiger partial charge is 0.366 e. The summed E-state index contributed by atoms with van der Waals surface area (Å²) in [5.41, 5.74) is 5.86. The predicted octanol–water partition coefficient (Wildman–Crippen LogP) is 2.18. The van der Waals surface area contributed by atoms with Crippen molar-refractivity contribution in [2.75, 3.05) is 19.6 Å². The van der Waals surface area contributed by atoms with E-state index in [9.17, 15) is 4.79 Å². The van der Waals surface area contributed by atoms with Gasteiger partial charge in [-0.05, 0) is 45.3 Å². The van der Waals surface area contributed by atoms with E-state index in [-0.39, 0.29) is 5.91 Å². The minimum absolute atomic E-state index is 0.310. The molecule has 0 radical (unpaired) electrons. The molecule has 3 heteroatoms. The Morgan fingerprint density at radius 1 is 1.38 bits per heavy atom. The molecule has 94 valence electrons. The third-order valence-electron chi connectivity index (χ3n) is 2.95. The third kappa shape index (κ3) is 6.62. The van der Waals surface area contributed by atoms with Crippen molar-refractivity contribution in [2.24, 2.45) is 11.7 Å². The Morgan fingerprint density at radius 3 is 2.38 bits per heavy atom. The van der Waals surface area contributed by atoms with E-state index in [0.717, 1.165) is 26.1 Å². The van der Waals surface area contributed by atoms with Crippen LogP contribution in [0.2, 0.25) is 0 Å². The highest BCUT2D eigenvalue weighted by Gasteiger charge is 2.04. The van der Waals surface area contributed by atoms with Crippen molar-refractivity contribution in [2.45, 2.75) is 40.5 Å². The lowest BCUT2D eigenvalue weighted by Crippen LogP contribution is -2.24. The van der Waals surface area contributed by atoms with E-state index in [1.165, 1.54) is 6.42 Å². The number of carbonyl (C=O) groups is 1. The molecule has 0 aromatic carbocycles. The first-order chi connectivity index (χ1) is 7.51. The normalized spacial score (nSPS) is 14.2. The van der Waals surface area contributed by atoms with Crippen LogP contribution in [-0.4, -0.2) is 30.4 Å². The van der Waals surface area contributed by atoms with Crippen LogP contribution in [0.4, 0.5) is 0 Å². The van der Waals surface area contributed by atoms with Crippen LogP contribution in [-0.2, 0) is 4.79 Å². The second kappa shape index (κ2) is 8.34. The molecule has 0 saturated heterocycles. The quantitative estimate of drug-likeness (QED) is 0.645. The SMILES string of the molecule is CCN(CC)CCCC(C)C=C(C)C(N)=O. The van der Waals surface area contributed by atoms with Gasteiger partial charge in [0.2, 0.25) is 5.91 Å². The summed E-state index contributed by atoms with van der Waals surface area (Å²) in [7, 11) is 0. The topological polar surface area (TPSA) is 46.3 Å². The monoisotopic (exact) mass is 226 g/mol. The van der Waals surface area contributed by atoms with E-state index in [4.69, 9.17) is 5.73 Å². The van der Waals surface area contributed by atoms with Crippen molar-refractivity contribution < 1.29 is 4.79 Å². The molecular formula is C13H26N2O. The van der Waals surface area contributed by atoms with E-state index in [0.29, 0.717) is 11.5 Å². The number of hydrogen-bond acceptors (Lipinski definition) is 2. The number of nitrogens with zero attached hydrogens (tertiary/aromatic N) is 1. The van der Waals surface area contributed by atoms with Crippen LogP contribution >= 0.6 is 0 Å². The zero-order chi connectivity index (χ0) is 12.6. The standard InChI is InChI=1S/C13H26N2O/c1-5-15(6-2)9-7-8-11(3)10-12(4)13(14)16/h10-11H,5-9H2,1-4H3,(H2,14,16). The van der Waals surface area contributed by atoms with Crippen molar-refractivity contribution in [3.05, 3.63) is 11.6 Å². The third-order valence-corrected chi connectivity index (χ3v) is 2.95. The molecule has 1 amide bonds. The highest BCUT2D eigenvalue weighted by Crippen LogP contribution is 2.10. The van der Waals surface area contributed by atoms with Crippen LogP contribution in [0.3, 0.4) is 0 Å². The molecule has 0 aliphatic carbocycles. The molecule has 1 atom stereocenters. The molecule has 0 rings (SSSR count). The Kier molecular flexibility index (Phi) is 7.90. The zero-order valence-electron chi connectivity index (χ0n) is 11.1. The summed E-state index contributed by atoms with van der Waals surface area (Å²) in [6, 6.07) is 0. The highest BCUT2D eigenvalue weighted by molar-refractivity contribution is 5.91. The Morgan fingerprint density at radius 2 is 1.94 bits per heavy atom. The summed E-state index contributed by atoms with van der Waals surface area (Å²) in [4.78, 5) is 13.3. The van der Waals surface area contributed by atoms with Gasteiger partial charge in [0.05, 0.1) is 0 Å². The van der Waals surface area contributed by atoms with Crippen molar-refractivity contribution in [3.8, 4) is 0 Å². The van der Waals surface area contributed by atoms with Gasteiger partial charge in [0, 0.05) is 5.57 Å². The van der Waals surface area contributed by atoms with Crippen LogP contribution in [0, 0.1) is 5.92 Å². The minimum Gasteiger partial charge on any atom is -0.366 e. The van der Waals surface area contributed by atoms with Crippen LogP contribution in [0.1, 0.15) is 40.5 Å². The molecule has 0 saturated carbocycles. The number of primary amides is 1. The Labute approximate surface area is 99.7 Å². The van der Waals surface area contributed by atoms with Gasteiger partial charge in [0.15, 0.2) is 0 Å². The van der Waals surface area contributed by atoms with E-state index >= 15 is 0 Å². The molecule has 16 heavy (non-hydrogen) atoms. The summed E-state index contributed by atoms with van der Waals surface area (Å²) >= 11 is 0. The van der Waals surface area contributed by atoms with E-state index < -0.39 is 0 Å². The molecule has 0 fully saturated rings. The van der Waals surface area contributed by atoms with Crippen LogP contribution in [0.5, 0.6) is 0 Å². The second-order valence-electron chi connectivity index (χ2n) is 4.36. The van der Waals surface area contributed by atoms with Gasteiger partial charge in [-0.15, -0.1) is 0 Å². The number of rotatable bonds is 8. The fourth-order valence-electron chi connectivity index (χ4n) is 1.77. The van der Waals surface area contributed by atoms with Gasteiger partial charge in [0.25, 0.3) is 0 Å². The summed E-state index contributed by atoms with van der Waals surface area (Å²) in [6.45, 7) is 11.6. The average Bonchev–Trinajstić information content (AvgIpc) is 2.24. The Hall–Kier alpha value is -0.830. The van der Waals surface area contributed by atoms with Gasteiger partial charge in [-0.2, -0.15) is 0 Å². The minimum atomic E-state index is -0.310. The van der Waals surface area contributed by atoms with E-state index in [1.54, 1.807) is 6.92 Å². The molecule has 1 unspecified atom stereocenters. The maximum atomic E-state index is 10.9. The lowest BCUT2D eigenvalue weighted by atomic mass is 10.0. The van der Waals surface area contributed by atoms with Crippen molar-refractivity contribution in [1.82, 2.24) is 4.90 Å². The molecule has 0 aromatic rings. The molecule has 0 spiro atoms. The summed E-state index contributed by atoms with van der Waals surface area (Å²) in [6.07, 6.45) is 4.26. The van der Waals surface area contributed by atoms with Crippen LogP contribution in [0.15, 0.2) is 11.6 Å². The van der Waals surface area contributed by atoms with E-state index in [1.807, 2.05) is 6.08 Å². The predicted molar refractivity (Wildman–Crippen MR) is 69.1 cm³/mol. The zero-order valence-corrected chi connectivity index (χ0v) is 11.1. The van der Waals surface area contributed by atoms with Gasteiger partial charge in [-0.1, -0.05) is 26.8 Å². The number of nitrogens with two attached hydrogens (primary N) is 1.